The first-order valence-electron chi connectivity index (χ1n) is 8.88. The van der Waals surface area contributed by atoms with Gasteiger partial charge in [-0.05, 0) is 24.6 Å². The Labute approximate surface area is 179 Å². The van der Waals surface area contributed by atoms with E-state index in [0.29, 0.717) is 10.6 Å². The molecule has 0 aliphatic rings. The van der Waals surface area contributed by atoms with E-state index in [9.17, 15) is 18.0 Å². The fourth-order valence-corrected chi connectivity index (χ4v) is 4.43. The van der Waals surface area contributed by atoms with Gasteiger partial charge in [-0.3, -0.25) is 4.79 Å². The lowest BCUT2D eigenvalue weighted by Crippen LogP contribution is -2.06. The van der Waals surface area contributed by atoms with E-state index in [1.54, 1.807) is 0 Å². The highest BCUT2D eigenvalue weighted by Gasteiger charge is 2.30. The van der Waals surface area contributed by atoms with Crippen molar-refractivity contribution in [2.24, 2.45) is 0 Å². The summed E-state index contributed by atoms with van der Waals surface area (Å²) in [6, 6.07) is 14.2. The van der Waals surface area contributed by atoms with Crippen LogP contribution in [0, 0.1) is 6.92 Å². The maximum Gasteiger partial charge on any atom is 0.416 e. The Kier molecular flexibility index (Phi) is 7.17. The van der Waals surface area contributed by atoms with Gasteiger partial charge in [0, 0.05) is 5.56 Å². The molecule has 0 aliphatic carbocycles. The van der Waals surface area contributed by atoms with Crippen LogP contribution in [0.15, 0.2) is 54.6 Å². The van der Waals surface area contributed by atoms with Crippen molar-refractivity contribution < 1.29 is 27.8 Å². The number of alkyl halides is 3. The summed E-state index contributed by atoms with van der Waals surface area (Å²) in [5.74, 6) is -1.03. The molecule has 1 aromatic heterocycles. The molecule has 3 aromatic rings. The number of thioether (sulfide) groups is 1. The van der Waals surface area contributed by atoms with Crippen molar-refractivity contribution in [3.63, 3.8) is 0 Å². The molecule has 1 heterocycles. The second kappa shape index (κ2) is 9.63. The normalized spacial score (nSPS) is 12.7. The molecule has 0 spiro atoms. The SMILES string of the molecule is Cc1nc(-c2ccc(C(F)(F)F)cc2)sc1COC(SCC(=O)O)c1ccccc1. The number of hydrogen-bond donors (Lipinski definition) is 1. The van der Waals surface area contributed by atoms with E-state index in [4.69, 9.17) is 9.84 Å². The van der Waals surface area contributed by atoms with Crippen molar-refractivity contribution in [2.45, 2.75) is 25.1 Å². The molecule has 30 heavy (non-hydrogen) atoms. The molecule has 1 unspecified atom stereocenters. The van der Waals surface area contributed by atoms with E-state index in [2.05, 4.69) is 4.98 Å². The summed E-state index contributed by atoms with van der Waals surface area (Å²) in [5, 5.41) is 9.59. The average Bonchev–Trinajstić information content (AvgIpc) is 3.08. The summed E-state index contributed by atoms with van der Waals surface area (Å²) in [6.45, 7) is 2.03. The Morgan fingerprint density at radius 2 is 1.83 bits per heavy atom. The van der Waals surface area contributed by atoms with E-state index >= 15 is 0 Å². The Hall–Kier alpha value is -2.36. The maximum absolute atomic E-state index is 12.8. The molecule has 4 nitrogen and oxygen atoms in total. The van der Waals surface area contributed by atoms with Crippen LogP contribution in [0.1, 0.15) is 27.1 Å². The van der Waals surface area contributed by atoms with Gasteiger partial charge in [0.05, 0.1) is 28.5 Å². The third-order valence-corrected chi connectivity index (χ3v) is 6.45. The number of benzene rings is 2. The lowest BCUT2D eigenvalue weighted by molar-refractivity contribution is -0.137. The number of carboxylic acids is 1. The first-order valence-corrected chi connectivity index (χ1v) is 10.7. The zero-order valence-electron chi connectivity index (χ0n) is 15.8. The Balaban J connectivity index is 1.73. The molecule has 0 saturated carbocycles. The number of ether oxygens (including phenoxy) is 1. The van der Waals surface area contributed by atoms with Gasteiger partial charge in [0.15, 0.2) is 0 Å². The van der Waals surface area contributed by atoms with Gasteiger partial charge < -0.3 is 9.84 Å². The standard InChI is InChI=1S/C21H18F3NO3S2/c1-13-17(11-28-20(29-12-18(26)27)15-5-3-2-4-6-15)30-19(25-13)14-7-9-16(10-8-14)21(22,23)24/h2-10,20H,11-12H2,1H3,(H,26,27). The van der Waals surface area contributed by atoms with Crippen LogP contribution in [0.2, 0.25) is 0 Å². The molecule has 3 rings (SSSR count). The third-order valence-electron chi connectivity index (χ3n) is 4.15. The summed E-state index contributed by atoms with van der Waals surface area (Å²) in [5.41, 5.74) is 1.02. The minimum Gasteiger partial charge on any atom is -0.481 e. The Morgan fingerprint density at radius 1 is 1.17 bits per heavy atom. The van der Waals surface area contributed by atoms with E-state index in [1.807, 2.05) is 37.3 Å². The van der Waals surface area contributed by atoms with Crippen LogP contribution in [-0.4, -0.2) is 21.8 Å². The molecule has 9 heteroatoms. The quantitative estimate of drug-likeness (QED) is 0.413. The molecule has 158 valence electrons. The number of aromatic nitrogens is 1. The van der Waals surface area contributed by atoms with E-state index in [0.717, 1.165) is 28.3 Å². The molecule has 1 atom stereocenters. The zero-order valence-corrected chi connectivity index (χ0v) is 17.5. The first kappa shape index (κ1) is 22.3. The summed E-state index contributed by atoms with van der Waals surface area (Å²) < 4.78 is 44.2. The predicted molar refractivity (Wildman–Crippen MR) is 111 cm³/mol. The molecule has 1 N–H and O–H groups in total. The van der Waals surface area contributed by atoms with Gasteiger partial charge in [0.2, 0.25) is 0 Å². The minimum atomic E-state index is -4.38. The van der Waals surface area contributed by atoms with Gasteiger partial charge in [-0.2, -0.15) is 13.2 Å². The van der Waals surface area contributed by atoms with Crippen molar-refractivity contribution in [3.05, 3.63) is 76.3 Å². The number of halogens is 3. The number of aryl methyl sites for hydroxylation is 1. The number of thiazole rings is 1. The fourth-order valence-electron chi connectivity index (χ4n) is 2.64. The highest BCUT2D eigenvalue weighted by Crippen LogP contribution is 2.35. The average molecular weight is 454 g/mol. The van der Waals surface area contributed by atoms with Crippen molar-refractivity contribution >= 4 is 29.1 Å². The van der Waals surface area contributed by atoms with Crippen molar-refractivity contribution in [1.29, 1.82) is 0 Å². The van der Waals surface area contributed by atoms with Crippen molar-refractivity contribution in [1.82, 2.24) is 4.98 Å². The Morgan fingerprint density at radius 3 is 2.43 bits per heavy atom. The monoisotopic (exact) mass is 453 g/mol. The highest BCUT2D eigenvalue weighted by atomic mass is 32.2. The van der Waals surface area contributed by atoms with Crippen LogP contribution in [0.5, 0.6) is 0 Å². The van der Waals surface area contributed by atoms with Gasteiger partial charge in [-0.1, -0.05) is 42.5 Å². The molecule has 0 saturated heterocycles. The molecule has 0 radical (unpaired) electrons. The molecule has 0 amide bonds. The van der Waals surface area contributed by atoms with Crippen LogP contribution in [0.3, 0.4) is 0 Å². The van der Waals surface area contributed by atoms with Gasteiger partial charge in [-0.15, -0.1) is 23.1 Å². The van der Waals surface area contributed by atoms with Crippen LogP contribution >= 0.6 is 23.1 Å². The molecule has 0 fully saturated rings. The molecular formula is C21H18F3NO3S2. The second-order valence-corrected chi connectivity index (χ2v) is 8.49. The van der Waals surface area contributed by atoms with Gasteiger partial charge >= 0.3 is 12.1 Å². The topological polar surface area (TPSA) is 59.4 Å². The predicted octanol–water partition coefficient (Wildman–Crippen LogP) is 6.17. The van der Waals surface area contributed by atoms with Crippen molar-refractivity contribution in [3.8, 4) is 10.6 Å². The summed E-state index contributed by atoms with van der Waals surface area (Å²) in [7, 11) is 0. The first-order chi connectivity index (χ1) is 14.2. The number of aliphatic carboxylic acids is 1. The van der Waals surface area contributed by atoms with Crippen molar-refractivity contribution in [2.75, 3.05) is 5.75 Å². The lowest BCUT2D eigenvalue weighted by atomic mass is 10.1. The molecule has 2 aromatic carbocycles. The zero-order chi connectivity index (χ0) is 21.7. The molecule has 0 bridgehead atoms. The van der Waals surface area contributed by atoms with Crippen LogP contribution in [0.4, 0.5) is 13.2 Å². The summed E-state index contributed by atoms with van der Waals surface area (Å²) >= 11 is 2.52. The smallest absolute Gasteiger partial charge is 0.416 e. The third kappa shape index (κ3) is 5.84. The number of hydrogen-bond acceptors (Lipinski definition) is 5. The van der Waals surface area contributed by atoms with E-state index in [1.165, 1.54) is 35.2 Å². The van der Waals surface area contributed by atoms with Crippen LogP contribution in [0.25, 0.3) is 10.6 Å². The number of carboxylic acid groups (broad SMARTS) is 1. The Bertz CT molecular complexity index is 989. The van der Waals surface area contributed by atoms with E-state index in [-0.39, 0.29) is 12.4 Å². The largest absolute Gasteiger partial charge is 0.481 e. The maximum atomic E-state index is 12.8. The van der Waals surface area contributed by atoms with Gasteiger partial charge in [0.25, 0.3) is 0 Å². The fraction of sp³-hybridized carbons (Fsp3) is 0.238. The summed E-state index contributed by atoms with van der Waals surface area (Å²) in [6.07, 6.45) is -4.38. The number of rotatable bonds is 8. The van der Waals surface area contributed by atoms with Crippen LogP contribution < -0.4 is 0 Å². The number of nitrogens with zero attached hydrogens (tertiary/aromatic N) is 1. The van der Waals surface area contributed by atoms with Gasteiger partial charge in [0.1, 0.15) is 10.4 Å². The highest BCUT2D eigenvalue weighted by molar-refractivity contribution is 8.00. The second-order valence-electron chi connectivity index (χ2n) is 6.36. The summed E-state index contributed by atoms with van der Waals surface area (Å²) in [4.78, 5) is 16.2. The van der Waals surface area contributed by atoms with Gasteiger partial charge in [-0.25, -0.2) is 4.98 Å². The lowest BCUT2D eigenvalue weighted by Gasteiger charge is -2.16. The molecular weight excluding hydrogens is 435 g/mol. The van der Waals surface area contributed by atoms with E-state index < -0.39 is 23.1 Å². The van der Waals surface area contributed by atoms with Crippen LogP contribution in [-0.2, 0) is 22.3 Å². The molecule has 0 aliphatic heterocycles. The number of carbonyl (C=O) groups is 1. The minimum absolute atomic E-state index is 0.0992.